The Morgan fingerprint density at radius 2 is 2.05 bits per heavy atom. The highest BCUT2D eigenvalue weighted by Crippen LogP contribution is 2.32. The lowest BCUT2D eigenvalue weighted by Gasteiger charge is -2.19. The largest absolute Gasteiger partial charge is 0.478 e. The summed E-state index contributed by atoms with van der Waals surface area (Å²) >= 11 is 0. The summed E-state index contributed by atoms with van der Waals surface area (Å²) in [7, 11) is 0. The molecule has 0 saturated carbocycles. The van der Waals surface area contributed by atoms with Crippen molar-refractivity contribution in [2.75, 3.05) is 18.0 Å². The molecule has 1 N–H and O–H groups in total. The predicted octanol–water partition coefficient (Wildman–Crippen LogP) is 2.29. The van der Waals surface area contributed by atoms with Gasteiger partial charge in [-0.25, -0.2) is 4.79 Å². The van der Waals surface area contributed by atoms with E-state index in [1.807, 2.05) is 0 Å². The smallest absolute Gasteiger partial charge is 0.328 e. The van der Waals surface area contributed by atoms with Gasteiger partial charge in [0.1, 0.15) is 0 Å². The third-order valence-corrected chi connectivity index (χ3v) is 3.10. The maximum absolute atomic E-state index is 11.0. The van der Waals surface area contributed by atoms with Crippen LogP contribution in [0.2, 0.25) is 0 Å². The van der Waals surface area contributed by atoms with Crippen molar-refractivity contribution in [2.24, 2.45) is 0 Å². The predicted molar refractivity (Wildman–Crippen MR) is 71.2 cm³/mol. The summed E-state index contributed by atoms with van der Waals surface area (Å²) in [6.07, 6.45) is 4.32. The average Bonchev–Trinajstić information content (AvgIpc) is 2.89. The van der Waals surface area contributed by atoms with Crippen molar-refractivity contribution in [3.8, 4) is 0 Å². The zero-order chi connectivity index (χ0) is 13.8. The number of aliphatic carboxylic acids is 1. The summed E-state index contributed by atoms with van der Waals surface area (Å²) in [6, 6.07) is 4.81. The number of nitro benzene ring substituents is 1. The first-order valence-corrected chi connectivity index (χ1v) is 6.03. The Balaban J connectivity index is 2.49. The highest BCUT2D eigenvalue weighted by atomic mass is 16.6. The van der Waals surface area contributed by atoms with E-state index in [0.717, 1.165) is 37.7 Å². The van der Waals surface area contributed by atoms with Gasteiger partial charge in [-0.1, -0.05) is 6.07 Å². The SMILES string of the molecule is O=C(O)/C=C/c1c(N2CCCC2)cccc1[N+](=O)[O-]. The van der Waals surface area contributed by atoms with Crippen LogP contribution in [0.15, 0.2) is 24.3 Å². The van der Waals surface area contributed by atoms with E-state index in [0.29, 0.717) is 5.56 Å². The molecule has 6 heteroatoms. The number of nitro groups is 1. The molecule has 1 aliphatic rings. The number of rotatable bonds is 4. The van der Waals surface area contributed by atoms with Crippen molar-refractivity contribution in [2.45, 2.75) is 12.8 Å². The van der Waals surface area contributed by atoms with Gasteiger partial charge in [0.15, 0.2) is 0 Å². The highest BCUT2D eigenvalue weighted by molar-refractivity contribution is 5.88. The van der Waals surface area contributed by atoms with E-state index in [2.05, 4.69) is 4.90 Å². The van der Waals surface area contributed by atoms with Gasteiger partial charge in [-0.15, -0.1) is 0 Å². The first-order valence-electron chi connectivity index (χ1n) is 6.03. The van der Waals surface area contributed by atoms with E-state index in [4.69, 9.17) is 5.11 Å². The Morgan fingerprint density at radius 3 is 2.63 bits per heavy atom. The normalized spacial score (nSPS) is 15.1. The average molecular weight is 262 g/mol. The quantitative estimate of drug-likeness (QED) is 0.511. The lowest BCUT2D eigenvalue weighted by Crippen LogP contribution is -2.19. The first kappa shape index (κ1) is 13.1. The monoisotopic (exact) mass is 262 g/mol. The molecule has 1 aromatic carbocycles. The van der Waals surface area contributed by atoms with Crippen LogP contribution < -0.4 is 4.90 Å². The fourth-order valence-corrected chi connectivity index (χ4v) is 2.26. The van der Waals surface area contributed by atoms with Crippen molar-refractivity contribution < 1.29 is 14.8 Å². The maximum atomic E-state index is 11.0. The van der Waals surface area contributed by atoms with Crippen LogP contribution >= 0.6 is 0 Å². The van der Waals surface area contributed by atoms with E-state index >= 15 is 0 Å². The molecule has 1 heterocycles. The molecule has 0 aromatic heterocycles. The van der Waals surface area contributed by atoms with Crippen molar-refractivity contribution in [3.05, 3.63) is 40.0 Å². The third kappa shape index (κ3) is 2.90. The van der Waals surface area contributed by atoms with Crippen LogP contribution in [0, 0.1) is 10.1 Å². The van der Waals surface area contributed by atoms with Crippen LogP contribution in [0.5, 0.6) is 0 Å². The van der Waals surface area contributed by atoms with E-state index in [9.17, 15) is 14.9 Å². The zero-order valence-corrected chi connectivity index (χ0v) is 10.3. The number of nitrogens with zero attached hydrogens (tertiary/aromatic N) is 2. The second-order valence-corrected chi connectivity index (χ2v) is 4.33. The molecule has 0 unspecified atom stereocenters. The molecule has 6 nitrogen and oxygen atoms in total. The molecule has 1 saturated heterocycles. The van der Waals surface area contributed by atoms with Gasteiger partial charge in [-0.05, 0) is 25.0 Å². The third-order valence-electron chi connectivity index (χ3n) is 3.10. The lowest BCUT2D eigenvalue weighted by molar-refractivity contribution is -0.385. The molecule has 0 amide bonds. The molecule has 1 aliphatic heterocycles. The van der Waals surface area contributed by atoms with Gasteiger partial charge in [0.05, 0.1) is 16.2 Å². The van der Waals surface area contributed by atoms with Crippen LogP contribution in [0.4, 0.5) is 11.4 Å². The van der Waals surface area contributed by atoms with Crippen molar-refractivity contribution >= 4 is 23.4 Å². The number of benzene rings is 1. The van der Waals surface area contributed by atoms with Gasteiger partial charge in [0, 0.05) is 25.2 Å². The van der Waals surface area contributed by atoms with Gasteiger partial charge in [-0.2, -0.15) is 0 Å². The second-order valence-electron chi connectivity index (χ2n) is 4.33. The first-order chi connectivity index (χ1) is 9.09. The van der Waals surface area contributed by atoms with Crippen LogP contribution in [0.1, 0.15) is 18.4 Å². The van der Waals surface area contributed by atoms with E-state index < -0.39 is 10.9 Å². The summed E-state index contributed by atoms with van der Waals surface area (Å²) < 4.78 is 0. The number of carboxylic acid groups (broad SMARTS) is 1. The molecule has 0 atom stereocenters. The molecule has 0 bridgehead atoms. The molecule has 0 radical (unpaired) electrons. The molecule has 0 spiro atoms. The number of carboxylic acids is 1. The Bertz CT molecular complexity index is 533. The molecule has 2 rings (SSSR count). The van der Waals surface area contributed by atoms with Crippen LogP contribution in [-0.2, 0) is 4.79 Å². The van der Waals surface area contributed by atoms with E-state index in [1.54, 1.807) is 12.1 Å². The number of hydrogen-bond acceptors (Lipinski definition) is 4. The van der Waals surface area contributed by atoms with Gasteiger partial charge < -0.3 is 10.0 Å². The highest BCUT2D eigenvalue weighted by Gasteiger charge is 2.21. The molecular weight excluding hydrogens is 248 g/mol. The Morgan fingerprint density at radius 1 is 1.37 bits per heavy atom. The number of carbonyl (C=O) groups is 1. The summed E-state index contributed by atoms with van der Waals surface area (Å²) in [5, 5.41) is 19.7. The van der Waals surface area contributed by atoms with Crippen molar-refractivity contribution in [3.63, 3.8) is 0 Å². The molecule has 1 aromatic rings. The van der Waals surface area contributed by atoms with E-state index in [1.165, 1.54) is 12.1 Å². The topological polar surface area (TPSA) is 83.7 Å². The zero-order valence-electron chi connectivity index (χ0n) is 10.3. The van der Waals surface area contributed by atoms with Crippen LogP contribution in [-0.4, -0.2) is 29.1 Å². The van der Waals surface area contributed by atoms with Crippen molar-refractivity contribution in [1.29, 1.82) is 0 Å². The molecule has 1 fully saturated rings. The van der Waals surface area contributed by atoms with E-state index in [-0.39, 0.29) is 5.69 Å². The summed E-state index contributed by atoms with van der Waals surface area (Å²) in [5.74, 6) is -1.12. The summed E-state index contributed by atoms with van der Waals surface area (Å²) in [4.78, 5) is 23.2. The van der Waals surface area contributed by atoms with Crippen LogP contribution in [0.3, 0.4) is 0 Å². The Kier molecular flexibility index (Phi) is 3.79. The van der Waals surface area contributed by atoms with Crippen molar-refractivity contribution in [1.82, 2.24) is 0 Å². The lowest BCUT2D eigenvalue weighted by atomic mass is 10.1. The number of hydrogen-bond donors (Lipinski definition) is 1. The fourth-order valence-electron chi connectivity index (χ4n) is 2.26. The van der Waals surface area contributed by atoms with Gasteiger partial charge in [-0.3, -0.25) is 10.1 Å². The molecule has 19 heavy (non-hydrogen) atoms. The second kappa shape index (κ2) is 5.51. The maximum Gasteiger partial charge on any atom is 0.328 e. The summed E-state index contributed by atoms with van der Waals surface area (Å²) in [5.41, 5.74) is 1.02. The minimum atomic E-state index is -1.12. The Hall–Kier alpha value is -2.37. The molecule has 0 aliphatic carbocycles. The minimum Gasteiger partial charge on any atom is -0.478 e. The number of anilines is 1. The minimum absolute atomic E-state index is 0.0677. The Labute approximate surface area is 110 Å². The fraction of sp³-hybridized carbons (Fsp3) is 0.308. The summed E-state index contributed by atoms with van der Waals surface area (Å²) in [6.45, 7) is 1.68. The molecular formula is C13H14N2O4. The van der Waals surface area contributed by atoms with Gasteiger partial charge >= 0.3 is 5.97 Å². The molecule has 100 valence electrons. The van der Waals surface area contributed by atoms with Gasteiger partial charge in [0.2, 0.25) is 0 Å². The van der Waals surface area contributed by atoms with Crippen LogP contribution in [0.25, 0.3) is 6.08 Å². The standard InChI is InChI=1S/C13H14N2O4/c16-13(17)7-6-10-11(14-8-1-2-9-14)4-3-5-12(10)15(18)19/h3-7H,1-2,8-9H2,(H,16,17)/b7-6+. The van der Waals surface area contributed by atoms with Gasteiger partial charge in [0.25, 0.3) is 5.69 Å².